The highest BCUT2D eigenvalue weighted by atomic mass is 16.5. The second-order valence-electron chi connectivity index (χ2n) is 5.04. The van der Waals surface area contributed by atoms with Crippen LogP contribution in [0.25, 0.3) is 0 Å². The molecule has 0 radical (unpaired) electrons. The van der Waals surface area contributed by atoms with Crippen molar-refractivity contribution in [3.05, 3.63) is 30.1 Å². The van der Waals surface area contributed by atoms with Crippen molar-refractivity contribution in [3.8, 4) is 0 Å². The Balaban J connectivity index is 1.67. The molecule has 3 heteroatoms. The van der Waals surface area contributed by atoms with Crippen LogP contribution in [0.15, 0.2) is 24.5 Å². The summed E-state index contributed by atoms with van der Waals surface area (Å²) < 4.78 is 5.41. The van der Waals surface area contributed by atoms with E-state index in [1.54, 1.807) is 0 Å². The number of ether oxygens (including phenoxy) is 1. The third kappa shape index (κ3) is 4.39. The summed E-state index contributed by atoms with van der Waals surface area (Å²) in [5.41, 5.74) is 1.43. The second kappa shape index (κ2) is 7.49. The maximum atomic E-state index is 5.41. The fourth-order valence-electron chi connectivity index (χ4n) is 2.60. The molecule has 2 rings (SSSR count). The quantitative estimate of drug-likeness (QED) is 0.723. The van der Waals surface area contributed by atoms with Crippen molar-refractivity contribution in [1.29, 1.82) is 0 Å². The first kappa shape index (κ1) is 13.5. The Morgan fingerprint density at radius 2 is 2.00 bits per heavy atom. The molecule has 0 amide bonds. The fraction of sp³-hybridized carbons (Fsp3) is 0.667. The lowest BCUT2D eigenvalue weighted by molar-refractivity contribution is 0.0957. The van der Waals surface area contributed by atoms with Crippen LogP contribution in [-0.2, 0) is 11.2 Å². The molecule has 3 nitrogen and oxygen atoms in total. The van der Waals surface area contributed by atoms with Crippen LogP contribution in [0, 0.1) is 5.92 Å². The molecule has 1 aromatic rings. The molecule has 0 unspecified atom stereocenters. The van der Waals surface area contributed by atoms with Crippen LogP contribution >= 0.6 is 0 Å². The van der Waals surface area contributed by atoms with E-state index >= 15 is 0 Å². The number of piperidine rings is 1. The van der Waals surface area contributed by atoms with Gasteiger partial charge in [0.05, 0.1) is 6.61 Å². The van der Waals surface area contributed by atoms with Crippen molar-refractivity contribution in [1.82, 2.24) is 9.88 Å². The molecule has 1 saturated heterocycles. The standard InChI is InChI=1S/C15H24N2O/c1-2-18-12-11-17-9-5-15(6-10-17)13-14-3-7-16-8-4-14/h3-4,7-8,15H,2,5-6,9-13H2,1H3. The summed E-state index contributed by atoms with van der Waals surface area (Å²) in [6.45, 7) is 7.31. The van der Waals surface area contributed by atoms with Crippen molar-refractivity contribution in [2.45, 2.75) is 26.2 Å². The topological polar surface area (TPSA) is 25.4 Å². The number of pyridine rings is 1. The van der Waals surface area contributed by atoms with Crippen LogP contribution < -0.4 is 0 Å². The maximum Gasteiger partial charge on any atom is 0.0593 e. The van der Waals surface area contributed by atoms with Crippen LogP contribution in [0.3, 0.4) is 0 Å². The zero-order valence-electron chi connectivity index (χ0n) is 11.3. The van der Waals surface area contributed by atoms with Gasteiger partial charge in [-0.2, -0.15) is 0 Å². The molecule has 100 valence electrons. The molecule has 0 aliphatic carbocycles. The summed E-state index contributed by atoms with van der Waals surface area (Å²) in [4.78, 5) is 6.60. The van der Waals surface area contributed by atoms with Gasteiger partial charge in [0, 0.05) is 25.5 Å². The van der Waals surface area contributed by atoms with E-state index in [9.17, 15) is 0 Å². The minimum Gasteiger partial charge on any atom is -0.380 e. The fourth-order valence-corrected chi connectivity index (χ4v) is 2.60. The van der Waals surface area contributed by atoms with E-state index in [4.69, 9.17) is 4.74 Å². The van der Waals surface area contributed by atoms with Gasteiger partial charge in [0.25, 0.3) is 0 Å². The Bertz CT molecular complexity index is 321. The largest absolute Gasteiger partial charge is 0.380 e. The van der Waals surface area contributed by atoms with Gasteiger partial charge in [-0.3, -0.25) is 4.98 Å². The van der Waals surface area contributed by atoms with Crippen molar-refractivity contribution >= 4 is 0 Å². The average Bonchev–Trinajstić information content (AvgIpc) is 2.42. The number of nitrogens with zero attached hydrogens (tertiary/aromatic N) is 2. The van der Waals surface area contributed by atoms with E-state index < -0.39 is 0 Å². The van der Waals surface area contributed by atoms with Gasteiger partial charge in [-0.1, -0.05) is 0 Å². The van der Waals surface area contributed by atoms with Crippen LogP contribution in [0.1, 0.15) is 25.3 Å². The van der Waals surface area contributed by atoms with E-state index in [1.165, 1.54) is 37.9 Å². The van der Waals surface area contributed by atoms with Gasteiger partial charge in [-0.05, 0) is 62.9 Å². The van der Waals surface area contributed by atoms with Crippen LogP contribution in [0.4, 0.5) is 0 Å². The van der Waals surface area contributed by atoms with E-state index in [0.717, 1.165) is 25.7 Å². The first-order valence-corrected chi connectivity index (χ1v) is 7.07. The van der Waals surface area contributed by atoms with E-state index in [-0.39, 0.29) is 0 Å². The number of rotatable bonds is 6. The van der Waals surface area contributed by atoms with Crippen molar-refractivity contribution in [2.24, 2.45) is 5.92 Å². The lowest BCUT2D eigenvalue weighted by Crippen LogP contribution is -2.36. The van der Waals surface area contributed by atoms with Gasteiger partial charge < -0.3 is 9.64 Å². The number of hydrogen-bond acceptors (Lipinski definition) is 3. The molecule has 0 atom stereocenters. The molecule has 0 aromatic carbocycles. The highest BCUT2D eigenvalue weighted by Crippen LogP contribution is 2.21. The van der Waals surface area contributed by atoms with Crippen LogP contribution in [-0.4, -0.2) is 42.7 Å². The van der Waals surface area contributed by atoms with E-state index in [1.807, 2.05) is 12.4 Å². The Morgan fingerprint density at radius 3 is 2.67 bits per heavy atom. The van der Waals surface area contributed by atoms with Gasteiger partial charge in [0.15, 0.2) is 0 Å². The van der Waals surface area contributed by atoms with Crippen molar-refractivity contribution in [3.63, 3.8) is 0 Å². The van der Waals surface area contributed by atoms with Crippen LogP contribution in [0.2, 0.25) is 0 Å². The zero-order chi connectivity index (χ0) is 12.6. The molecule has 0 spiro atoms. The predicted molar refractivity (Wildman–Crippen MR) is 73.6 cm³/mol. The summed E-state index contributed by atoms with van der Waals surface area (Å²) >= 11 is 0. The molecule has 2 heterocycles. The summed E-state index contributed by atoms with van der Waals surface area (Å²) in [7, 11) is 0. The first-order chi connectivity index (χ1) is 8.88. The minimum atomic E-state index is 0.832. The Morgan fingerprint density at radius 1 is 1.28 bits per heavy atom. The number of likely N-dealkylation sites (tertiary alicyclic amines) is 1. The smallest absolute Gasteiger partial charge is 0.0593 e. The van der Waals surface area contributed by atoms with Gasteiger partial charge in [0.2, 0.25) is 0 Å². The molecular formula is C15H24N2O. The monoisotopic (exact) mass is 248 g/mol. The summed E-state index contributed by atoms with van der Waals surface area (Å²) in [6.07, 6.45) is 7.63. The average molecular weight is 248 g/mol. The second-order valence-corrected chi connectivity index (χ2v) is 5.04. The van der Waals surface area contributed by atoms with Crippen molar-refractivity contribution in [2.75, 3.05) is 32.8 Å². The van der Waals surface area contributed by atoms with Gasteiger partial charge >= 0.3 is 0 Å². The molecule has 1 aliphatic heterocycles. The minimum absolute atomic E-state index is 0.832. The molecular weight excluding hydrogens is 224 g/mol. The molecule has 0 N–H and O–H groups in total. The molecule has 1 fully saturated rings. The van der Waals surface area contributed by atoms with E-state index in [2.05, 4.69) is 28.9 Å². The highest BCUT2D eigenvalue weighted by Gasteiger charge is 2.18. The summed E-state index contributed by atoms with van der Waals surface area (Å²) in [5.74, 6) is 0.843. The lowest BCUT2D eigenvalue weighted by atomic mass is 9.90. The SMILES string of the molecule is CCOCCN1CCC(Cc2ccncc2)CC1. The van der Waals surface area contributed by atoms with Crippen molar-refractivity contribution < 1.29 is 4.74 Å². The van der Waals surface area contributed by atoms with E-state index in [0.29, 0.717) is 0 Å². The normalized spacial score (nSPS) is 18.1. The Labute approximate surface area is 110 Å². The van der Waals surface area contributed by atoms with Crippen LogP contribution in [0.5, 0.6) is 0 Å². The highest BCUT2D eigenvalue weighted by molar-refractivity contribution is 5.10. The van der Waals surface area contributed by atoms with Gasteiger partial charge in [-0.15, -0.1) is 0 Å². The molecule has 1 aliphatic rings. The zero-order valence-corrected chi connectivity index (χ0v) is 11.3. The third-order valence-corrected chi connectivity index (χ3v) is 3.74. The predicted octanol–water partition coefficient (Wildman–Crippen LogP) is 2.37. The van der Waals surface area contributed by atoms with Gasteiger partial charge in [0.1, 0.15) is 0 Å². The molecule has 0 saturated carbocycles. The summed E-state index contributed by atoms with van der Waals surface area (Å²) in [5, 5.41) is 0. The third-order valence-electron chi connectivity index (χ3n) is 3.74. The first-order valence-electron chi connectivity index (χ1n) is 7.07. The lowest BCUT2D eigenvalue weighted by Gasteiger charge is -2.31. The molecule has 1 aromatic heterocycles. The number of aromatic nitrogens is 1. The molecule has 18 heavy (non-hydrogen) atoms. The molecule has 0 bridgehead atoms. The summed E-state index contributed by atoms with van der Waals surface area (Å²) in [6, 6.07) is 4.28. The Hall–Kier alpha value is -0.930. The van der Waals surface area contributed by atoms with Gasteiger partial charge in [-0.25, -0.2) is 0 Å². The Kier molecular flexibility index (Phi) is 5.62. The number of hydrogen-bond donors (Lipinski definition) is 0. The maximum absolute atomic E-state index is 5.41.